The zero-order valence-corrected chi connectivity index (χ0v) is 32.2. The second-order valence-electron chi connectivity index (χ2n) is 14.5. The number of benzene rings is 1. The molecule has 9 N–H and O–H groups in total. The number of esters is 1. The number of hydrogen-bond donors (Lipinski definition) is 8. The Morgan fingerprint density at radius 3 is 2.42 bits per heavy atom. The van der Waals surface area contributed by atoms with Crippen LogP contribution in [-0.4, -0.2) is 159 Å². The Morgan fingerprint density at radius 1 is 0.950 bits per heavy atom. The van der Waals surface area contributed by atoms with E-state index in [9.17, 15) is 49.8 Å². The van der Waals surface area contributed by atoms with Gasteiger partial charge < -0.3 is 84.2 Å². The Balaban J connectivity index is 0.948. The summed E-state index contributed by atoms with van der Waals surface area (Å²) in [4.78, 5) is 56.5. The smallest absolute Gasteiger partial charge is 0.408 e. The molecule has 22 heteroatoms. The number of para-hydroxylation sites is 1. The molecule has 60 heavy (non-hydrogen) atoms. The quantitative estimate of drug-likeness (QED) is 0.0372. The SMILES string of the molecule is CC[C@@]1(OC(=O)NCCOCCO[C@H]2O[C@@H](CO)[C@@H](O)[C@H](O)[C@@H]2O[C@H]2O[C@H](CO)[C@@H](O)[C@H](OC(N)=O)[C@@H]2O)C(=O)OCc2c1cc1n(c2=O)Cc2cc3ccccc3nc2-1. The molecule has 2 saturated heterocycles. The standard InChI is InChI=1S/C38H46N4O18/c1-2-38(20-12-22-25-18(11-17-5-3-4-6-21(17)41-25)13-42(22)32(49)19(20)16-55-35(38)50)60-37(52)40-7-8-53-9-10-54-34-31(28(47)26(45)23(14-43)57-34)58-33-29(48)30(59-36(39)51)27(46)24(15-44)56-33/h3-6,11-12,23-24,26-31,33-34,43-48H,2,7-10,13-16H2,1H3,(H2,39,51)(H,40,52)/t23-,24+,26+,27+,28-,29-,30-,31-,33+,34-,38-/m0/s1. The number of aliphatic hydroxyl groups is 6. The maximum Gasteiger partial charge on any atom is 0.408 e. The van der Waals surface area contributed by atoms with Crippen LogP contribution >= 0.6 is 0 Å². The molecule has 326 valence electrons. The zero-order chi connectivity index (χ0) is 42.9. The number of cyclic esters (lactones) is 1. The van der Waals surface area contributed by atoms with Crippen molar-refractivity contribution in [3.63, 3.8) is 0 Å². The molecule has 3 aromatic rings. The molecule has 0 unspecified atom stereocenters. The number of carbonyl (C=O) groups is 3. The van der Waals surface area contributed by atoms with Crippen molar-refractivity contribution >= 4 is 29.1 Å². The molecule has 4 aliphatic rings. The molecule has 0 aliphatic carbocycles. The van der Waals surface area contributed by atoms with E-state index in [1.165, 1.54) is 0 Å². The predicted octanol–water partition coefficient (Wildman–Crippen LogP) is -2.43. The van der Waals surface area contributed by atoms with Gasteiger partial charge in [0.15, 0.2) is 18.7 Å². The first-order valence-corrected chi connectivity index (χ1v) is 19.2. The van der Waals surface area contributed by atoms with Crippen LogP contribution < -0.4 is 16.6 Å². The van der Waals surface area contributed by atoms with Crippen LogP contribution in [0.2, 0.25) is 0 Å². The topological polar surface area (TPSA) is 319 Å². The average Bonchev–Trinajstić information content (AvgIpc) is 3.59. The van der Waals surface area contributed by atoms with Crippen LogP contribution in [0.4, 0.5) is 9.59 Å². The van der Waals surface area contributed by atoms with Crippen LogP contribution in [0.5, 0.6) is 0 Å². The number of hydrogen-bond acceptors (Lipinski definition) is 19. The van der Waals surface area contributed by atoms with Crippen molar-refractivity contribution in [1.29, 1.82) is 0 Å². The molecule has 2 fully saturated rings. The number of aromatic nitrogens is 2. The fourth-order valence-electron chi connectivity index (χ4n) is 7.76. The highest BCUT2D eigenvalue weighted by Crippen LogP contribution is 2.41. The first-order valence-electron chi connectivity index (χ1n) is 19.2. The summed E-state index contributed by atoms with van der Waals surface area (Å²) in [7, 11) is 0. The van der Waals surface area contributed by atoms with Gasteiger partial charge in [0.1, 0.15) is 49.3 Å². The molecular formula is C38H46N4O18. The van der Waals surface area contributed by atoms with Crippen LogP contribution in [0.15, 0.2) is 41.2 Å². The number of aliphatic hydroxyl groups excluding tert-OH is 6. The number of ether oxygens (including phenoxy) is 8. The molecule has 22 nitrogen and oxygen atoms in total. The van der Waals surface area contributed by atoms with Gasteiger partial charge in [0.25, 0.3) is 5.56 Å². The van der Waals surface area contributed by atoms with Gasteiger partial charge in [-0.3, -0.25) is 4.79 Å². The summed E-state index contributed by atoms with van der Waals surface area (Å²) < 4.78 is 45.4. The molecule has 0 bridgehead atoms. The number of fused-ring (bicyclic) bond motifs is 5. The fourth-order valence-corrected chi connectivity index (χ4v) is 7.76. The van der Waals surface area contributed by atoms with Gasteiger partial charge in [0, 0.05) is 23.1 Å². The minimum absolute atomic E-state index is 0.0463. The van der Waals surface area contributed by atoms with E-state index in [4.69, 9.17) is 48.6 Å². The lowest BCUT2D eigenvalue weighted by Crippen LogP contribution is -2.65. The van der Waals surface area contributed by atoms with Crippen LogP contribution in [-0.2, 0) is 61.4 Å². The maximum absolute atomic E-state index is 13.8. The Morgan fingerprint density at radius 2 is 1.68 bits per heavy atom. The minimum Gasteiger partial charge on any atom is -0.457 e. The van der Waals surface area contributed by atoms with Crippen molar-refractivity contribution in [1.82, 2.24) is 14.9 Å². The van der Waals surface area contributed by atoms with Crippen molar-refractivity contribution in [3.8, 4) is 11.4 Å². The van der Waals surface area contributed by atoms with E-state index in [2.05, 4.69) is 5.32 Å². The first-order chi connectivity index (χ1) is 28.8. The van der Waals surface area contributed by atoms with E-state index in [0.29, 0.717) is 11.4 Å². The number of carbonyl (C=O) groups excluding carboxylic acids is 3. The highest BCUT2D eigenvalue weighted by Gasteiger charge is 2.53. The van der Waals surface area contributed by atoms with Gasteiger partial charge in [0.05, 0.1) is 62.0 Å². The van der Waals surface area contributed by atoms with Gasteiger partial charge in [-0.2, -0.15) is 0 Å². The normalized spacial score (nSPS) is 30.8. The van der Waals surface area contributed by atoms with Gasteiger partial charge in [-0.05, 0) is 24.6 Å². The van der Waals surface area contributed by atoms with Gasteiger partial charge in [-0.1, -0.05) is 25.1 Å². The Bertz CT molecular complexity index is 2140. The molecule has 4 aliphatic heterocycles. The highest BCUT2D eigenvalue weighted by atomic mass is 16.8. The van der Waals surface area contributed by atoms with Crippen molar-refractivity contribution < 1.29 is 82.9 Å². The number of pyridine rings is 2. The zero-order valence-electron chi connectivity index (χ0n) is 32.2. The van der Waals surface area contributed by atoms with Gasteiger partial charge in [-0.25, -0.2) is 19.4 Å². The lowest BCUT2D eigenvalue weighted by atomic mass is 9.85. The average molecular weight is 847 g/mol. The molecule has 0 spiro atoms. The number of nitrogens with two attached hydrogens (primary N) is 1. The van der Waals surface area contributed by atoms with Crippen molar-refractivity contribution in [2.24, 2.45) is 5.73 Å². The molecule has 11 atom stereocenters. The van der Waals surface area contributed by atoms with Gasteiger partial charge in [-0.15, -0.1) is 0 Å². The number of rotatable bonds is 14. The lowest BCUT2D eigenvalue weighted by Gasteiger charge is -2.46. The van der Waals surface area contributed by atoms with E-state index in [-0.39, 0.29) is 62.6 Å². The van der Waals surface area contributed by atoms with E-state index < -0.39 is 98.4 Å². The van der Waals surface area contributed by atoms with E-state index in [1.807, 2.05) is 30.3 Å². The van der Waals surface area contributed by atoms with E-state index in [1.54, 1.807) is 17.6 Å². The van der Waals surface area contributed by atoms with Gasteiger partial charge >= 0.3 is 18.2 Å². The number of alkyl carbamates (subject to hydrolysis) is 1. The summed E-state index contributed by atoms with van der Waals surface area (Å²) in [6.07, 6.45) is -18.9. The predicted molar refractivity (Wildman–Crippen MR) is 198 cm³/mol. The summed E-state index contributed by atoms with van der Waals surface area (Å²) in [6, 6.07) is 11.2. The summed E-state index contributed by atoms with van der Waals surface area (Å²) in [5.41, 5.74) is 5.76. The first kappa shape index (κ1) is 43.2. The van der Waals surface area contributed by atoms with Gasteiger partial charge in [0.2, 0.25) is 5.60 Å². The molecule has 0 radical (unpaired) electrons. The molecule has 2 amide bonds. The van der Waals surface area contributed by atoms with E-state index in [0.717, 1.165) is 16.5 Å². The second kappa shape index (κ2) is 18.0. The Labute approximate surface area is 340 Å². The third-order valence-corrected chi connectivity index (χ3v) is 10.9. The van der Waals surface area contributed by atoms with Crippen molar-refractivity contribution in [3.05, 3.63) is 63.4 Å². The lowest BCUT2D eigenvalue weighted by molar-refractivity contribution is -0.367. The molecule has 2 aromatic heterocycles. The van der Waals surface area contributed by atoms with Crippen molar-refractivity contribution in [2.45, 2.75) is 93.5 Å². The van der Waals surface area contributed by atoms with Crippen molar-refractivity contribution in [2.75, 3.05) is 39.6 Å². The monoisotopic (exact) mass is 846 g/mol. The molecule has 6 heterocycles. The number of primary amides is 1. The summed E-state index contributed by atoms with van der Waals surface area (Å²) in [5.74, 6) is -0.836. The second-order valence-corrected chi connectivity index (χ2v) is 14.5. The number of nitrogens with zero attached hydrogens (tertiary/aromatic N) is 2. The third kappa shape index (κ3) is 8.15. The molecular weight excluding hydrogens is 800 g/mol. The van der Waals surface area contributed by atoms with Crippen LogP contribution in [0.3, 0.4) is 0 Å². The highest BCUT2D eigenvalue weighted by molar-refractivity contribution is 5.88. The Kier molecular flexibility index (Phi) is 13.0. The minimum atomic E-state index is -1.93. The van der Waals surface area contributed by atoms with Crippen LogP contribution in [0.25, 0.3) is 22.3 Å². The third-order valence-electron chi connectivity index (χ3n) is 10.9. The summed E-state index contributed by atoms with van der Waals surface area (Å²) >= 11 is 0. The van der Waals surface area contributed by atoms with Crippen LogP contribution in [0.1, 0.15) is 30.0 Å². The molecule has 1 aromatic carbocycles. The van der Waals surface area contributed by atoms with E-state index >= 15 is 0 Å². The molecule has 0 saturated carbocycles. The maximum atomic E-state index is 13.8. The fraction of sp³-hybridized carbons (Fsp3) is 0.553. The molecule has 7 rings (SSSR count). The summed E-state index contributed by atoms with van der Waals surface area (Å²) in [5, 5.41) is 65.3. The largest absolute Gasteiger partial charge is 0.457 e. The van der Waals surface area contributed by atoms with Crippen LogP contribution in [0, 0.1) is 0 Å². The number of nitrogens with one attached hydrogen (secondary N) is 1. The number of amides is 2. The Hall–Kier alpha value is -4.85. The summed E-state index contributed by atoms with van der Waals surface area (Å²) in [6.45, 7) is -0.512.